The third kappa shape index (κ3) is 2.01. The summed E-state index contributed by atoms with van der Waals surface area (Å²) in [5, 5.41) is 2.97. The Hall–Kier alpha value is -1.78. The SMILES string of the molecule is NC(=O)c1cc(NC2CC2)c(F)cc1N. The third-order valence-corrected chi connectivity index (χ3v) is 2.34. The van der Waals surface area contributed by atoms with E-state index in [2.05, 4.69) is 5.32 Å². The normalized spacial score (nSPS) is 15.0. The summed E-state index contributed by atoms with van der Waals surface area (Å²) in [5.74, 6) is -1.10. The van der Waals surface area contributed by atoms with Crippen molar-refractivity contribution in [1.82, 2.24) is 0 Å². The summed E-state index contributed by atoms with van der Waals surface area (Å²) in [6.07, 6.45) is 2.05. The fraction of sp³-hybridized carbons (Fsp3) is 0.300. The van der Waals surface area contributed by atoms with Crippen molar-refractivity contribution in [3.05, 3.63) is 23.5 Å². The molecule has 5 N–H and O–H groups in total. The van der Waals surface area contributed by atoms with Crippen LogP contribution in [0.25, 0.3) is 0 Å². The van der Waals surface area contributed by atoms with E-state index in [0.29, 0.717) is 11.7 Å². The van der Waals surface area contributed by atoms with Crippen molar-refractivity contribution in [2.75, 3.05) is 11.1 Å². The zero-order chi connectivity index (χ0) is 11.0. The fourth-order valence-corrected chi connectivity index (χ4v) is 1.36. The average Bonchev–Trinajstić information content (AvgIpc) is 2.92. The van der Waals surface area contributed by atoms with Crippen LogP contribution in [-0.4, -0.2) is 11.9 Å². The van der Waals surface area contributed by atoms with Crippen LogP contribution in [0.3, 0.4) is 0 Å². The van der Waals surface area contributed by atoms with Gasteiger partial charge in [-0.05, 0) is 25.0 Å². The second-order valence-electron chi connectivity index (χ2n) is 3.70. The molecule has 0 saturated heterocycles. The number of halogens is 1. The number of nitrogens with one attached hydrogen (secondary N) is 1. The number of benzene rings is 1. The molecule has 0 heterocycles. The predicted octanol–water partition coefficient (Wildman–Crippen LogP) is 1.08. The van der Waals surface area contributed by atoms with Gasteiger partial charge in [0, 0.05) is 11.7 Å². The quantitative estimate of drug-likeness (QED) is 0.651. The first kappa shape index (κ1) is 9.76. The Balaban J connectivity index is 2.35. The molecule has 0 bridgehead atoms. The molecule has 15 heavy (non-hydrogen) atoms. The lowest BCUT2D eigenvalue weighted by Gasteiger charge is -2.09. The standard InChI is InChI=1S/C10H12FN3O/c11-7-4-8(12)6(10(13)15)3-9(7)14-5-1-2-5/h3-5,14H,1-2,12H2,(H2,13,15). The summed E-state index contributed by atoms with van der Waals surface area (Å²) in [6.45, 7) is 0. The third-order valence-electron chi connectivity index (χ3n) is 2.34. The molecule has 0 aliphatic heterocycles. The summed E-state index contributed by atoms with van der Waals surface area (Å²) in [6, 6.07) is 2.79. The van der Waals surface area contributed by atoms with Gasteiger partial charge in [0.2, 0.25) is 0 Å². The lowest BCUT2D eigenvalue weighted by Crippen LogP contribution is -2.15. The first-order valence-electron chi connectivity index (χ1n) is 4.73. The highest BCUT2D eigenvalue weighted by Gasteiger charge is 2.23. The highest BCUT2D eigenvalue weighted by Crippen LogP contribution is 2.28. The summed E-state index contributed by atoms with van der Waals surface area (Å²) in [5.41, 5.74) is 11.1. The van der Waals surface area contributed by atoms with Gasteiger partial charge in [-0.1, -0.05) is 0 Å². The second kappa shape index (κ2) is 3.42. The number of nitrogen functional groups attached to an aromatic ring is 1. The molecule has 0 unspecified atom stereocenters. The van der Waals surface area contributed by atoms with Crippen LogP contribution in [0.15, 0.2) is 12.1 Å². The molecule has 80 valence electrons. The van der Waals surface area contributed by atoms with Gasteiger partial charge in [-0.3, -0.25) is 4.79 Å². The molecule has 1 fully saturated rings. The molecule has 5 heteroatoms. The summed E-state index contributed by atoms with van der Waals surface area (Å²) in [4.78, 5) is 11.0. The van der Waals surface area contributed by atoms with Crippen LogP contribution >= 0.6 is 0 Å². The van der Waals surface area contributed by atoms with Gasteiger partial charge in [0.25, 0.3) is 5.91 Å². The smallest absolute Gasteiger partial charge is 0.250 e. The Kier molecular flexibility index (Phi) is 2.22. The van der Waals surface area contributed by atoms with Crippen LogP contribution < -0.4 is 16.8 Å². The Bertz CT molecular complexity index is 415. The van der Waals surface area contributed by atoms with Crippen molar-refractivity contribution in [3.8, 4) is 0 Å². The van der Waals surface area contributed by atoms with Crippen molar-refractivity contribution < 1.29 is 9.18 Å². The molecule has 1 aliphatic rings. The topological polar surface area (TPSA) is 81.1 Å². The number of anilines is 2. The van der Waals surface area contributed by atoms with E-state index in [4.69, 9.17) is 11.5 Å². The zero-order valence-corrected chi connectivity index (χ0v) is 8.09. The van der Waals surface area contributed by atoms with Gasteiger partial charge < -0.3 is 16.8 Å². The highest BCUT2D eigenvalue weighted by atomic mass is 19.1. The van der Waals surface area contributed by atoms with Crippen LogP contribution in [0, 0.1) is 5.82 Å². The largest absolute Gasteiger partial charge is 0.398 e. The van der Waals surface area contributed by atoms with E-state index in [9.17, 15) is 9.18 Å². The summed E-state index contributed by atoms with van der Waals surface area (Å²) >= 11 is 0. The number of nitrogens with two attached hydrogens (primary N) is 2. The molecule has 0 spiro atoms. The highest BCUT2D eigenvalue weighted by molar-refractivity contribution is 5.99. The minimum Gasteiger partial charge on any atom is -0.398 e. The van der Waals surface area contributed by atoms with Crippen molar-refractivity contribution in [1.29, 1.82) is 0 Å². The second-order valence-corrected chi connectivity index (χ2v) is 3.70. The molecule has 4 nitrogen and oxygen atoms in total. The number of amides is 1. The van der Waals surface area contributed by atoms with Crippen LogP contribution in [-0.2, 0) is 0 Å². The monoisotopic (exact) mass is 209 g/mol. The maximum Gasteiger partial charge on any atom is 0.250 e. The molecule has 2 rings (SSSR count). The number of rotatable bonds is 3. The van der Waals surface area contributed by atoms with Gasteiger partial charge in [-0.15, -0.1) is 0 Å². The van der Waals surface area contributed by atoms with E-state index < -0.39 is 11.7 Å². The summed E-state index contributed by atoms with van der Waals surface area (Å²) in [7, 11) is 0. The minimum absolute atomic E-state index is 0.0707. The van der Waals surface area contributed by atoms with Crippen LogP contribution in [0.5, 0.6) is 0 Å². The maximum atomic E-state index is 13.4. The van der Waals surface area contributed by atoms with Gasteiger partial charge in [0.05, 0.1) is 11.3 Å². The first-order valence-corrected chi connectivity index (χ1v) is 4.73. The molecular formula is C10H12FN3O. The zero-order valence-electron chi connectivity index (χ0n) is 8.09. The van der Waals surface area contributed by atoms with Gasteiger partial charge in [-0.2, -0.15) is 0 Å². The Morgan fingerprint density at radius 1 is 1.47 bits per heavy atom. The average molecular weight is 209 g/mol. The maximum absolute atomic E-state index is 13.4. The molecule has 1 aromatic carbocycles. The van der Waals surface area contributed by atoms with Crippen LogP contribution in [0.2, 0.25) is 0 Å². The van der Waals surface area contributed by atoms with E-state index >= 15 is 0 Å². The van der Waals surface area contributed by atoms with E-state index in [1.807, 2.05) is 0 Å². The Morgan fingerprint density at radius 3 is 2.67 bits per heavy atom. The van der Waals surface area contributed by atoms with Crippen LogP contribution in [0.4, 0.5) is 15.8 Å². The molecule has 1 amide bonds. The van der Waals surface area contributed by atoms with Crippen molar-refractivity contribution in [3.63, 3.8) is 0 Å². The van der Waals surface area contributed by atoms with Crippen LogP contribution in [0.1, 0.15) is 23.2 Å². The predicted molar refractivity (Wildman–Crippen MR) is 56.0 cm³/mol. The molecule has 0 radical (unpaired) electrons. The number of primary amides is 1. The molecular weight excluding hydrogens is 197 g/mol. The number of carbonyl (C=O) groups is 1. The summed E-state index contributed by atoms with van der Waals surface area (Å²) < 4.78 is 13.4. The lowest BCUT2D eigenvalue weighted by molar-refractivity contribution is 0.100. The van der Waals surface area contributed by atoms with E-state index in [1.165, 1.54) is 6.07 Å². The van der Waals surface area contributed by atoms with E-state index in [1.54, 1.807) is 0 Å². The number of hydrogen-bond acceptors (Lipinski definition) is 3. The van der Waals surface area contributed by atoms with Gasteiger partial charge in [-0.25, -0.2) is 4.39 Å². The molecule has 1 aliphatic carbocycles. The van der Waals surface area contributed by atoms with E-state index in [-0.39, 0.29) is 11.3 Å². The molecule has 1 saturated carbocycles. The van der Waals surface area contributed by atoms with E-state index in [0.717, 1.165) is 18.9 Å². The Labute approximate surface area is 86.4 Å². The number of carbonyl (C=O) groups excluding carboxylic acids is 1. The minimum atomic E-state index is -0.647. The van der Waals surface area contributed by atoms with Crippen molar-refractivity contribution >= 4 is 17.3 Å². The molecule has 0 aromatic heterocycles. The van der Waals surface area contributed by atoms with Gasteiger partial charge >= 0.3 is 0 Å². The van der Waals surface area contributed by atoms with Crippen molar-refractivity contribution in [2.24, 2.45) is 5.73 Å². The van der Waals surface area contributed by atoms with Crippen molar-refractivity contribution in [2.45, 2.75) is 18.9 Å². The van der Waals surface area contributed by atoms with Gasteiger partial charge in [0.15, 0.2) is 0 Å². The number of hydrogen-bond donors (Lipinski definition) is 3. The lowest BCUT2D eigenvalue weighted by atomic mass is 10.1. The molecule has 0 atom stereocenters. The van der Waals surface area contributed by atoms with Gasteiger partial charge in [0.1, 0.15) is 5.82 Å². The molecule has 1 aromatic rings. The fourth-order valence-electron chi connectivity index (χ4n) is 1.36. The Morgan fingerprint density at radius 2 is 2.13 bits per heavy atom. The first-order chi connectivity index (χ1) is 7.08.